The molecule has 0 saturated heterocycles. The fraction of sp³-hybridized carbons (Fsp3) is 0.438. The Bertz CT molecular complexity index is 426. The van der Waals surface area contributed by atoms with E-state index in [2.05, 4.69) is 13.5 Å². The van der Waals surface area contributed by atoms with Crippen LogP contribution >= 0.6 is 11.6 Å². The van der Waals surface area contributed by atoms with Crippen molar-refractivity contribution in [3.05, 3.63) is 47.7 Å². The van der Waals surface area contributed by atoms with Gasteiger partial charge in [0.2, 0.25) is 0 Å². The Morgan fingerprint density at radius 1 is 1.20 bits per heavy atom. The van der Waals surface area contributed by atoms with E-state index in [1.807, 2.05) is 12.1 Å². The van der Waals surface area contributed by atoms with Crippen molar-refractivity contribution in [2.24, 2.45) is 0 Å². The minimum atomic E-state index is -0.456. The third-order valence-electron chi connectivity index (χ3n) is 2.84. The van der Waals surface area contributed by atoms with Crippen LogP contribution < -0.4 is 0 Å². The molecule has 20 heavy (non-hydrogen) atoms. The molecule has 0 spiro atoms. The van der Waals surface area contributed by atoms with Gasteiger partial charge in [0.15, 0.2) is 0 Å². The number of allylic oxidation sites excluding steroid dienone is 1. The molecule has 0 fully saturated rings. The van der Waals surface area contributed by atoms with E-state index >= 15 is 0 Å². The first kappa shape index (κ1) is 16.7. The topological polar surface area (TPSA) is 35.5 Å². The lowest BCUT2D eigenvalue weighted by Crippen LogP contribution is -1.99. The highest BCUT2D eigenvalue weighted by atomic mass is 35.5. The van der Waals surface area contributed by atoms with Crippen molar-refractivity contribution in [3.8, 4) is 0 Å². The fourth-order valence-electron chi connectivity index (χ4n) is 1.72. The van der Waals surface area contributed by atoms with Gasteiger partial charge >= 0.3 is 0 Å². The molecule has 0 aliphatic rings. The van der Waals surface area contributed by atoms with Crippen LogP contribution in [-0.2, 0) is 16.2 Å². The summed E-state index contributed by atoms with van der Waals surface area (Å²) in [6.45, 7) is 6.55. The predicted octanol–water partition coefficient (Wildman–Crippen LogP) is 4.65. The van der Waals surface area contributed by atoms with Gasteiger partial charge in [-0.15, -0.1) is 0 Å². The lowest BCUT2D eigenvalue weighted by molar-refractivity contribution is -0.263. The van der Waals surface area contributed by atoms with Gasteiger partial charge in [-0.3, -0.25) is 4.79 Å². The van der Waals surface area contributed by atoms with Gasteiger partial charge in [-0.2, -0.15) is 4.89 Å². The number of carbonyl (C=O) groups excluding carboxylic acids is 1. The van der Waals surface area contributed by atoms with E-state index in [0.717, 1.165) is 18.4 Å². The summed E-state index contributed by atoms with van der Waals surface area (Å²) in [5.74, 6) is 0.547. The Balaban J connectivity index is 2.23. The van der Waals surface area contributed by atoms with Crippen molar-refractivity contribution in [1.82, 2.24) is 0 Å². The zero-order valence-corrected chi connectivity index (χ0v) is 12.6. The maximum atomic E-state index is 10.9. The van der Waals surface area contributed by atoms with Gasteiger partial charge in [-0.05, 0) is 35.7 Å². The SMILES string of the molecule is C=C(Cc1ccc(C(=O)Cl)cc1)OOCCCCCC. The molecule has 1 aromatic carbocycles. The molecular weight excluding hydrogens is 276 g/mol. The molecule has 0 N–H and O–H groups in total. The van der Waals surface area contributed by atoms with Gasteiger partial charge in [-0.1, -0.05) is 44.9 Å². The Hall–Kier alpha value is -1.32. The number of hydrogen-bond acceptors (Lipinski definition) is 3. The molecule has 110 valence electrons. The average Bonchev–Trinajstić information content (AvgIpc) is 2.43. The fourth-order valence-corrected chi connectivity index (χ4v) is 1.85. The van der Waals surface area contributed by atoms with Crippen LogP contribution in [0.3, 0.4) is 0 Å². The molecule has 0 aliphatic carbocycles. The van der Waals surface area contributed by atoms with Crippen LogP contribution in [0.15, 0.2) is 36.6 Å². The molecule has 0 aromatic heterocycles. The second kappa shape index (κ2) is 9.56. The molecule has 0 aliphatic heterocycles. The molecule has 0 saturated carbocycles. The standard InChI is InChI=1S/C16H21ClO3/c1-3-4-5-6-11-19-20-13(2)12-14-7-9-15(10-8-14)16(17)18/h7-10H,2-6,11-12H2,1H3. The van der Waals surface area contributed by atoms with Crippen LogP contribution in [0.1, 0.15) is 48.5 Å². The zero-order valence-electron chi connectivity index (χ0n) is 11.9. The van der Waals surface area contributed by atoms with Crippen LogP contribution in [0.4, 0.5) is 0 Å². The summed E-state index contributed by atoms with van der Waals surface area (Å²) in [6, 6.07) is 7.02. The van der Waals surface area contributed by atoms with Crippen molar-refractivity contribution in [3.63, 3.8) is 0 Å². The van der Waals surface area contributed by atoms with Crippen LogP contribution in [0.2, 0.25) is 0 Å². The highest BCUT2D eigenvalue weighted by Gasteiger charge is 2.03. The van der Waals surface area contributed by atoms with Gasteiger partial charge in [0, 0.05) is 12.0 Å². The van der Waals surface area contributed by atoms with Crippen molar-refractivity contribution >= 4 is 16.8 Å². The number of benzene rings is 1. The van der Waals surface area contributed by atoms with Crippen molar-refractivity contribution in [2.45, 2.75) is 39.0 Å². The van der Waals surface area contributed by atoms with Crippen molar-refractivity contribution < 1.29 is 14.6 Å². The molecule has 0 atom stereocenters. The molecule has 4 heteroatoms. The number of rotatable bonds is 10. The summed E-state index contributed by atoms with van der Waals surface area (Å²) in [6.07, 6.45) is 5.12. The van der Waals surface area contributed by atoms with Crippen LogP contribution in [-0.4, -0.2) is 11.8 Å². The number of halogens is 1. The quantitative estimate of drug-likeness (QED) is 0.207. The first-order valence-electron chi connectivity index (χ1n) is 6.89. The third-order valence-corrected chi connectivity index (χ3v) is 3.06. The monoisotopic (exact) mass is 296 g/mol. The van der Waals surface area contributed by atoms with Crippen LogP contribution in [0.5, 0.6) is 0 Å². The number of carbonyl (C=O) groups is 1. The molecule has 0 radical (unpaired) electrons. The van der Waals surface area contributed by atoms with Crippen LogP contribution in [0.25, 0.3) is 0 Å². The van der Waals surface area contributed by atoms with E-state index in [4.69, 9.17) is 21.4 Å². The Morgan fingerprint density at radius 2 is 1.90 bits per heavy atom. The normalized spacial score (nSPS) is 10.3. The first-order valence-corrected chi connectivity index (χ1v) is 7.27. The summed E-state index contributed by atoms with van der Waals surface area (Å²) < 4.78 is 0. The lowest BCUT2D eigenvalue weighted by Gasteiger charge is -2.08. The zero-order chi connectivity index (χ0) is 14.8. The molecule has 1 rings (SSSR count). The van der Waals surface area contributed by atoms with Crippen LogP contribution in [0, 0.1) is 0 Å². The minimum Gasteiger partial charge on any atom is -0.342 e. The average molecular weight is 297 g/mol. The lowest BCUT2D eigenvalue weighted by atomic mass is 10.1. The maximum Gasteiger partial charge on any atom is 0.252 e. The van der Waals surface area contributed by atoms with E-state index in [1.54, 1.807) is 12.1 Å². The molecule has 0 unspecified atom stereocenters. The Labute approximate surface area is 125 Å². The van der Waals surface area contributed by atoms with Gasteiger partial charge in [-0.25, -0.2) is 0 Å². The summed E-state index contributed by atoms with van der Waals surface area (Å²) >= 11 is 5.38. The Kier molecular flexibility index (Phi) is 8.00. The van der Waals surface area contributed by atoms with E-state index in [9.17, 15) is 4.79 Å². The maximum absolute atomic E-state index is 10.9. The van der Waals surface area contributed by atoms with E-state index in [0.29, 0.717) is 24.4 Å². The second-order valence-electron chi connectivity index (χ2n) is 4.65. The van der Waals surface area contributed by atoms with E-state index < -0.39 is 5.24 Å². The highest BCUT2D eigenvalue weighted by Crippen LogP contribution is 2.12. The van der Waals surface area contributed by atoms with Gasteiger partial charge in [0.05, 0.1) is 6.61 Å². The second-order valence-corrected chi connectivity index (χ2v) is 5.00. The molecule has 0 heterocycles. The molecular formula is C16H21ClO3. The Morgan fingerprint density at radius 3 is 2.50 bits per heavy atom. The van der Waals surface area contributed by atoms with E-state index in [1.165, 1.54) is 12.8 Å². The van der Waals surface area contributed by atoms with Gasteiger partial charge < -0.3 is 4.89 Å². The molecule has 0 amide bonds. The smallest absolute Gasteiger partial charge is 0.252 e. The molecule has 1 aromatic rings. The first-order chi connectivity index (χ1) is 9.63. The third kappa shape index (κ3) is 6.73. The van der Waals surface area contributed by atoms with Crippen molar-refractivity contribution in [1.29, 1.82) is 0 Å². The van der Waals surface area contributed by atoms with Crippen molar-refractivity contribution in [2.75, 3.05) is 6.61 Å². The minimum absolute atomic E-state index is 0.456. The summed E-state index contributed by atoms with van der Waals surface area (Å²) in [7, 11) is 0. The van der Waals surface area contributed by atoms with Gasteiger partial charge in [0.1, 0.15) is 5.76 Å². The van der Waals surface area contributed by atoms with E-state index in [-0.39, 0.29) is 0 Å². The largest absolute Gasteiger partial charge is 0.342 e. The molecule has 3 nitrogen and oxygen atoms in total. The summed E-state index contributed by atoms with van der Waals surface area (Å²) in [5.41, 5.74) is 1.47. The number of hydrogen-bond donors (Lipinski definition) is 0. The molecule has 0 bridgehead atoms. The predicted molar refractivity (Wildman–Crippen MR) is 80.6 cm³/mol. The highest BCUT2D eigenvalue weighted by molar-refractivity contribution is 6.67. The summed E-state index contributed by atoms with van der Waals surface area (Å²) in [5, 5.41) is -0.456. The number of unbranched alkanes of at least 4 members (excludes halogenated alkanes) is 3. The summed E-state index contributed by atoms with van der Waals surface area (Å²) in [4.78, 5) is 21.1. The van der Waals surface area contributed by atoms with Gasteiger partial charge in [0.25, 0.3) is 5.24 Å².